The zero-order valence-electron chi connectivity index (χ0n) is 12.5. The molecule has 0 spiro atoms. The number of carbonyl (C=O) groups excluding carboxylic acids is 1. The second-order valence-corrected chi connectivity index (χ2v) is 5.74. The molecule has 0 aliphatic carbocycles. The predicted molar refractivity (Wildman–Crippen MR) is 81.9 cm³/mol. The van der Waals surface area contributed by atoms with Crippen molar-refractivity contribution in [2.75, 3.05) is 0 Å². The van der Waals surface area contributed by atoms with Crippen molar-refractivity contribution in [2.24, 2.45) is 5.84 Å². The summed E-state index contributed by atoms with van der Waals surface area (Å²) in [5.74, 6) is 6.03. The van der Waals surface area contributed by atoms with Gasteiger partial charge in [-0.15, -0.1) is 0 Å². The van der Waals surface area contributed by atoms with Gasteiger partial charge in [0.25, 0.3) is 0 Å². The van der Waals surface area contributed by atoms with Crippen LogP contribution < -0.4 is 16.0 Å². The van der Waals surface area contributed by atoms with Crippen molar-refractivity contribution < 1.29 is 9.53 Å². The Balaban J connectivity index is 2.80. The highest BCUT2D eigenvalue weighted by Crippen LogP contribution is 2.32. The molecule has 5 heteroatoms. The van der Waals surface area contributed by atoms with Crippen molar-refractivity contribution in [3.63, 3.8) is 0 Å². The Kier molecular flexibility index (Phi) is 6.30. The fourth-order valence-corrected chi connectivity index (χ4v) is 2.08. The highest BCUT2D eigenvalue weighted by molar-refractivity contribution is 6.31. The first kappa shape index (κ1) is 16.8. The third kappa shape index (κ3) is 4.69. The number of carbonyl (C=O) groups is 1. The van der Waals surface area contributed by atoms with Gasteiger partial charge in [-0.25, -0.2) is 5.84 Å². The number of nitrogens with two attached hydrogens (primary N) is 1. The summed E-state index contributed by atoms with van der Waals surface area (Å²) in [6.07, 6.45) is 0.897. The van der Waals surface area contributed by atoms with Gasteiger partial charge in [0.05, 0.1) is 6.10 Å². The van der Waals surface area contributed by atoms with Crippen molar-refractivity contribution in [3.05, 3.63) is 28.3 Å². The van der Waals surface area contributed by atoms with Gasteiger partial charge in [0.15, 0.2) is 0 Å². The molecule has 0 saturated heterocycles. The van der Waals surface area contributed by atoms with Crippen molar-refractivity contribution >= 4 is 17.5 Å². The van der Waals surface area contributed by atoms with Crippen LogP contribution in [0.15, 0.2) is 12.1 Å². The molecule has 0 fully saturated rings. The van der Waals surface area contributed by atoms with Crippen LogP contribution in [-0.2, 0) is 4.79 Å². The normalized spacial score (nSPS) is 12.3. The second-order valence-electron chi connectivity index (χ2n) is 5.33. The SMILES string of the molecule is Cc1cc(OC(C)CCC(=O)NN)c(C(C)C)cc1Cl. The van der Waals surface area contributed by atoms with Gasteiger partial charge < -0.3 is 4.74 Å². The van der Waals surface area contributed by atoms with Crippen molar-refractivity contribution in [1.29, 1.82) is 0 Å². The van der Waals surface area contributed by atoms with Gasteiger partial charge in [-0.3, -0.25) is 10.2 Å². The molecular weight excluding hydrogens is 276 g/mol. The maximum absolute atomic E-state index is 11.1. The Hall–Kier alpha value is -1.26. The summed E-state index contributed by atoms with van der Waals surface area (Å²) in [6, 6.07) is 3.91. The molecule has 1 aromatic carbocycles. The lowest BCUT2D eigenvalue weighted by Gasteiger charge is -2.20. The van der Waals surface area contributed by atoms with Gasteiger partial charge in [-0.1, -0.05) is 25.4 Å². The fraction of sp³-hybridized carbons (Fsp3) is 0.533. The molecule has 0 saturated carbocycles. The summed E-state index contributed by atoms with van der Waals surface area (Å²) in [6.45, 7) is 8.09. The van der Waals surface area contributed by atoms with Crippen LogP contribution in [0.5, 0.6) is 5.75 Å². The average molecular weight is 299 g/mol. The van der Waals surface area contributed by atoms with Gasteiger partial charge in [-0.2, -0.15) is 0 Å². The van der Waals surface area contributed by atoms with Crippen molar-refractivity contribution in [1.82, 2.24) is 5.43 Å². The molecule has 0 aliphatic rings. The topological polar surface area (TPSA) is 64.3 Å². The molecular formula is C15H23ClN2O2. The number of hydrogen-bond donors (Lipinski definition) is 2. The highest BCUT2D eigenvalue weighted by atomic mass is 35.5. The maximum Gasteiger partial charge on any atom is 0.234 e. The number of aryl methyl sites for hydroxylation is 1. The molecule has 0 bridgehead atoms. The summed E-state index contributed by atoms with van der Waals surface area (Å²) in [7, 11) is 0. The summed E-state index contributed by atoms with van der Waals surface area (Å²) in [4.78, 5) is 11.1. The zero-order chi connectivity index (χ0) is 15.3. The smallest absolute Gasteiger partial charge is 0.234 e. The van der Waals surface area contributed by atoms with E-state index in [1.807, 2.05) is 26.0 Å². The minimum Gasteiger partial charge on any atom is -0.490 e. The van der Waals surface area contributed by atoms with E-state index in [4.69, 9.17) is 22.2 Å². The largest absolute Gasteiger partial charge is 0.490 e. The first-order valence-electron chi connectivity index (χ1n) is 6.81. The first-order valence-corrected chi connectivity index (χ1v) is 7.19. The quantitative estimate of drug-likeness (QED) is 0.481. The predicted octanol–water partition coefficient (Wildman–Crippen LogP) is 3.31. The minimum absolute atomic E-state index is 0.0645. The molecule has 1 rings (SSSR count). The van der Waals surface area contributed by atoms with Gasteiger partial charge in [-0.05, 0) is 49.4 Å². The Morgan fingerprint density at radius 1 is 1.40 bits per heavy atom. The van der Waals surface area contributed by atoms with E-state index >= 15 is 0 Å². The summed E-state index contributed by atoms with van der Waals surface area (Å²) >= 11 is 6.17. The van der Waals surface area contributed by atoms with Crippen molar-refractivity contribution in [2.45, 2.75) is 52.6 Å². The number of hydrazine groups is 1. The van der Waals surface area contributed by atoms with Crippen LogP contribution in [0.1, 0.15) is 50.7 Å². The Labute approximate surface area is 125 Å². The maximum atomic E-state index is 11.1. The van der Waals surface area contributed by atoms with E-state index in [9.17, 15) is 4.79 Å². The van der Waals surface area contributed by atoms with E-state index in [1.54, 1.807) is 0 Å². The number of nitrogens with one attached hydrogen (secondary N) is 1. The lowest BCUT2D eigenvalue weighted by atomic mass is 10.0. The van der Waals surface area contributed by atoms with E-state index in [1.165, 1.54) is 0 Å². The van der Waals surface area contributed by atoms with E-state index in [0.717, 1.165) is 21.9 Å². The summed E-state index contributed by atoms with van der Waals surface area (Å²) in [5.41, 5.74) is 4.18. The molecule has 112 valence electrons. The monoisotopic (exact) mass is 298 g/mol. The van der Waals surface area contributed by atoms with Crippen LogP contribution in [0, 0.1) is 6.92 Å². The van der Waals surface area contributed by atoms with Crippen LogP contribution in [0.4, 0.5) is 0 Å². The molecule has 1 unspecified atom stereocenters. The zero-order valence-corrected chi connectivity index (χ0v) is 13.3. The number of hydrogen-bond acceptors (Lipinski definition) is 3. The van der Waals surface area contributed by atoms with Gasteiger partial charge in [0.1, 0.15) is 5.75 Å². The van der Waals surface area contributed by atoms with Crippen LogP contribution in [0.3, 0.4) is 0 Å². The highest BCUT2D eigenvalue weighted by Gasteiger charge is 2.14. The number of benzene rings is 1. The van der Waals surface area contributed by atoms with Crippen LogP contribution in [0.25, 0.3) is 0 Å². The first-order chi connectivity index (χ1) is 9.35. The molecule has 0 aromatic heterocycles. The minimum atomic E-state index is -0.184. The third-order valence-electron chi connectivity index (χ3n) is 3.18. The molecule has 1 aromatic rings. The van der Waals surface area contributed by atoms with E-state index in [-0.39, 0.29) is 12.0 Å². The Morgan fingerprint density at radius 3 is 2.60 bits per heavy atom. The van der Waals surface area contributed by atoms with Crippen molar-refractivity contribution in [3.8, 4) is 5.75 Å². The Morgan fingerprint density at radius 2 is 2.05 bits per heavy atom. The molecule has 4 nitrogen and oxygen atoms in total. The third-order valence-corrected chi connectivity index (χ3v) is 3.59. The summed E-state index contributed by atoms with van der Waals surface area (Å²) < 4.78 is 5.96. The molecule has 20 heavy (non-hydrogen) atoms. The Bertz CT molecular complexity index is 475. The van der Waals surface area contributed by atoms with Crippen LogP contribution in [-0.4, -0.2) is 12.0 Å². The molecule has 1 amide bonds. The van der Waals surface area contributed by atoms with E-state index < -0.39 is 0 Å². The molecule has 0 radical (unpaired) electrons. The number of rotatable bonds is 6. The standard InChI is InChI=1S/C15H23ClN2O2/c1-9(2)12-8-13(16)10(3)7-14(12)20-11(4)5-6-15(19)18-17/h7-9,11H,5-6,17H2,1-4H3,(H,18,19). The molecule has 3 N–H and O–H groups in total. The summed E-state index contributed by atoms with van der Waals surface area (Å²) in [5, 5.41) is 0.746. The molecule has 0 heterocycles. The van der Waals surface area contributed by atoms with Crippen LogP contribution >= 0.6 is 11.6 Å². The molecule has 1 atom stereocenters. The van der Waals surface area contributed by atoms with E-state index in [0.29, 0.717) is 18.8 Å². The fourth-order valence-electron chi connectivity index (χ4n) is 1.91. The number of ether oxygens (including phenoxy) is 1. The number of amides is 1. The lowest BCUT2D eigenvalue weighted by Crippen LogP contribution is -2.30. The number of halogens is 1. The average Bonchev–Trinajstić information content (AvgIpc) is 2.39. The van der Waals surface area contributed by atoms with Crippen LogP contribution in [0.2, 0.25) is 5.02 Å². The molecule has 0 aliphatic heterocycles. The van der Waals surface area contributed by atoms with Gasteiger partial charge >= 0.3 is 0 Å². The van der Waals surface area contributed by atoms with E-state index in [2.05, 4.69) is 19.3 Å². The second kappa shape index (κ2) is 7.50. The van der Waals surface area contributed by atoms with Gasteiger partial charge in [0, 0.05) is 11.4 Å². The van der Waals surface area contributed by atoms with Gasteiger partial charge in [0.2, 0.25) is 5.91 Å². The lowest BCUT2D eigenvalue weighted by molar-refractivity contribution is -0.121.